The van der Waals surface area contributed by atoms with E-state index >= 15 is 0 Å². The Balaban J connectivity index is 2.36. The number of rotatable bonds is 3. The van der Waals surface area contributed by atoms with Crippen LogP contribution in [0.1, 0.15) is 32.3 Å². The first-order valence-electron chi connectivity index (χ1n) is 6.71. The third kappa shape index (κ3) is 3.07. The smallest absolute Gasteiger partial charge is 0.230 e. The highest BCUT2D eigenvalue weighted by molar-refractivity contribution is 5.95. The number of hydrogen-bond acceptors (Lipinski definition) is 3. The molecule has 0 atom stereocenters. The minimum Gasteiger partial charge on any atom is -0.485 e. The van der Waals surface area contributed by atoms with Crippen molar-refractivity contribution in [2.24, 2.45) is 5.73 Å². The van der Waals surface area contributed by atoms with Gasteiger partial charge in [-0.2, -0.15) is 0 Å². The van der Waals surface area contributed by atoms with Crippen molar-refractivity contribution in [3.05, 3.63) is 23.8 Å². The zero-order chi connectivity index (χ0) is 14.0. The molecule has 1 aromatic carbocycles. The Kier molecular flexibility index (Phi) is 3.80. The van der Waals surface area contributed by atoms with Crippen molar-refractivity contribution in [2.75, 3.05) is 18.5 Å². The number of nitrogens with two attached hydrogens (primary N) is 1. The Morgan fingerprint density at radius 3 is 2.84 bits per heavy atom. The van der Waals surface area contributed by atoms with Gasteiger partial charge in [0.2, 0.25) is 5.91 Å². The summed E-state index contributed by atoms with van der Waals surface area (Å²) in [7, 11) is 1.80. The average Bonchev–Trinajstić information content (AvgIpc) is 2.43. The fourth-order valence-corrected chi connectivity index (χ4v) is 2.32. The Morgan fingerprint density at radius 1 is 1.42 bits per heavy atom. The fourth-order valence-electron chi connectivity index (χ4n) is 2.32. The first-order chi connectivity index (χ1) is 8.93. The van der Waals surface area contributed by atoms with Gasteiger partial charge in [0.05, 0.1) is 12.1 Å². The van der Waals surface area contributed by atoms with Crippen LogP contribution in [0.3, 0.4) is 0 Å². The van der Waals surface area contributed by atoms with E-state index < -0.39 is 5.60 Å². The second-order valence-corrected chi connectivity index (χ2v) is 5.69. The maximum atomic E-state index is 12.1. The molecule has 1 heterocycles. The number of anilines is 1. The monoisotopic (exact) mass is 262 g/mol. The molecule has 0 aliphatic carbocycles. The second-order valence-electron chi connectivity index (χ2n) is 5.69. The molecule has 4 heteroatoms. The van der Waals surface area contributed by atoms with Crippen LogP contribution in [0, 0.1) is 0 Å². The molecule has 1 aliphatic rings. The third-order valence-corrected chi connectivity index (χ3v) is 3.39. The zero-order valence-corrected chi connectivity index (χ0v) is 11.9. The van der Waals surface area contributed by atoms with Crippen molar-refractivity contribution in [1.82, 2.24) is 0 Å². The Bertz CT molecular complexity index is 483. The van der Waals surface area contributed by atoms with Crippen molar-refractivity contribution in [1.29, 1.82) is 0 Å². The predicted octanol–water partition coefficient (Wildman–Crippen LogP) is 2.10. The van der Waals surface area contributed by atoms with Gasteiger partial charge < -0.3 is 15.4 Å². The molecule has 0 saturated heterocycles. The fraction of sp³-hybridized carbons (Fsp3) is 0.533. The van der Waals surface area contributed by atoms with E-state index in [0.717, 1.165) is 24.3 Å². The summed E-state index contributed by atoms with van der Waals surface area (Å²) >= 11 is 0. The lowest BCUT2D eigenvalue weighted by molar-refractivity contribution is -0.120. The van der Waals surface area contributed by atoms with Gasteiger partial charge in [-0.1, -0.05) is 6.07 Å². The number of hydrogen-bond donors (Lipinski definition) is 1. The molecular formula is C15H22N2O2. The molecule has 2 rings (SSSR count). The molecule has 1 aliphatic heterocycles. The van der Waals surface area contributed by atoms with Gasteiger partial charge in [-0.15, -0.1) is 0 Å². The zero-order valence-electron chi connectivity index (χ0n) is 11.9. The van der Waals surface area contributed by atoms with E-state index in [1.807, 2.05) is 32.0 Å². The van der Waals surface area contributed by atoms with E-state index in [-0.39, 0.29) is 5.91 Å². The van der Waals surface area contributed by atoms with E-state index in [2.05, 4.69) is 0 Å². The first kappa shape index (κ1) is 13.9. The van der Waals surface area contributed by atoms with Gasteiger partial charge in [-0.05, 0) is 50.9 Å². The molecular weight excluding hydrogens is 240 g/mol. The second kappa shape index (κ2) is 5.21. The summed E-state index contributed by atoms with van der Waals surface area (Å²) in [6.07, 6.45) is 2.26. The summed E-state index contributed by atoms with van der Waals surface area (Å²) in [6, 6.07) is 6.04. The number of benzene rings is 1. The normalized spacial score (nSPS) is 17.7. The van der Waals surface area contributed by atoms with Gasteiger partial charge >= 0.3 is 0 Å². The highest BCUT2D eigenvalue weighted by Crippen LogP contribution is 2.36. The van der Waals surface area contributed by atoms with E-state index in [0.29, 0.717) is 13.0 Å². The van der Waals surface area contributed by atoms with Gasteiger partial charge in [0.15, 0.2) is 0 Å². The van der Waals surface area contributed by atoms with Crippen molar-refractivity contribution < 1.29 is 9.53 Å². The largest absolute Gasteiger partial charge is 0.485 e. The van der Waals surface area contributed by atoms with E-state index in [1.54, 1.807) is 11.9 Å². The SMILES string of the molecule is CN1C(=O)CC(C)(C)Oc2ccc(CCCN)cc21. The number of ether oxygens (including phenoxy) is 1. The summed E-state index contributed by atoms with van der Waals surface area (Å²) in [5.41, 5.74) is 7.11. The first-order valence-corrected chi connectivity index (χ1v) is 6.71. The van der Waals surface area contributed by atoms with Crippen LogP contribution in [0.5, 0.6) is 5.75 Å². The van der Waals surface area contributed by atoms with Crippen LogP contribution in [0.2, 0.25) is 0 Å². The number of aryl methyl sites for hydroxylation is 1. The topological polar surface area (TPSA) is 55.6 Å². The van der Waals surface area contributed by atoms with Gasteiger partial charge in [-0.3, -0.25) is 4.79 Å². The quantitative estimate of drug-likeness (QED) is 0.907. The van der Waals surface area contributed by atoms with Gasteiger partial charge in [0.1, 0.15) is 11.4 Å². The number of fused-ring (bicyclic) bond motifs is 1. The molecule has 0 aromatic heterocycles. The van der Waals surface area contributed by atoms with Crippen molar-refractivity contribution in [3.63, 3.8) is 0 Å². The highest BCUT2D eigenvalue weighted by Gasteiger charge is 2.32. The molecule has 1 amide bonds. The molecule has 19 heavy (non-hydrogen) atoms. The maximum Gasteiger partial charge on any atom is 0.230 e. The van der Waals surface area contributed by atoms with Crippen molar-refractivity contribution >= 4 is 11.6 Å². The summed E-state index contributed by atoms with van der Waals surface area (Å²) in [6.45, 7) is 4.56. The van der Waals surface area contributed by atoms with Crippen LogP contribution in [-0.4, -0.2) is 25.1 Å². The van der Waals surface area contributed by atoms with Gasteiger partial charge in [0, 0.05) is 7.05 Å². The van der Waals surface area contributed by atoms with Crippen LogP contribution in [0.15, 0.2) is 18.2 Å². The van der Waals surface area contributed by atoms with Crippen LogP contribution >= 0.6 is 0 Å². The number of nitrogens with zero attached hydrogens (tertiary/aromatic N) is 1. The molecule has 0 bridgehead atoms. The number of carbonyl (C=O) groups is 1. The Morgan fingerprint density at radius 2 is 2.16 bits per heavy atom. The molecule has 0 fully saturated rings. The summed E-state index contributed by atoms with van der Waals surface area (Å²) in [4.78, 5) is 13.8. The van der Waals surface area contributed by atoms with Crippen LogP contribution in [0.25, 0.3) is 0 Å². The average molecular weight is 262 g/mol. The lowest BCUT2D eigenvalue weighted by atomic mass is 10.1. The summed E-state index contributed by atoms with van der Waals surface area (Å²) in [5, 5.41) is 0. The van der Waals surface area contributed by atoms with Crippen LogP contribution < -0.4 is 15.4 Å². The molecule has 2 N–H and O–H groups in total. The van der Waals surface area contributed by atoms with E-state index in [9.17, 15) is 4.79 Å². The van der Waals surface area contributed by atoms with Crippen LogP contribution in [0.4, 0.5) is 5.69 Å². The molecule has 0 radical (unpaired) electrons. The van der Waals surface area contributed by atoms with Gasteiger partial charge in [-0.25, -0.2) is 0 Å². The predicted molar refractivity (Wildman–Crippen MR) is 76.6 cm³/mol. The molecule has 104 valence electrons. The van der Waals surface area contributed by atoms with E-state index in [1.165, 1.54) is 5.56 Å². The Hall–Kier alpha value is -1.55. The van der Waals surface area contributed by atoms with Crippen LogP contribution in [-0.2, 0) is 11.2 Å². The third-order valence-electron chi connectivity index (χ3n) is 3.39. The van der Waals surface area contributed by atoms with Gasteiger partial charge in [0.25, 0.3) is 0 Å². The molecule has 4 nitrogen and oxygen atoms in total. The minimum absolute atomic E-state index is 0.0831. The summed E-state index contributed by atoms with van der Waals surface area (Å²) < 4.78 is 5.96. The van der Waals surface area contributed by atoms with E-state index in [4.69, 9.17) is 10.5 Å². The Labute approximate surface area is 114 Å². The lowest BCUT2D eigenvalue weighted by Gasteiger charge is -2.23. The lowest BCUT2D eigenvalue weighted by Crippen LogP contribution is -2.34. The summed E-state index contributed by atoms with van der Waals surface area (Å²) in [5.74, 6) is 0.856. The highest BCUT2D eigenvalue weighted by atomic mass is 16.5. The number of carbonyl (C=O) groups excluding carboxylic acids is 1. The molecule has 1 aromatic rings. The maximum absolute atomic E-state index is 12.1. The molecule has 0 unspecified atom stereocenters. The standard InChI is InChI=1S/C15H22N2O2/c1-15(2)10-14(18)17(3)12-9-11(5-4-8-16)6-7-13(12)19-15/h6-7,9H,4-5,8,10,16H2,1-3H3. The number of amides is 1. The molecule has 0 saturated carbocycles. The van der Waals surface area contributed by atoms with Crippen molar-refractivity contribution in [3.8, 4) is 5.75 Å². The molecule has 0 spiro atoms. The van der Waals surface area contributed by atoms with Crippen molar-refractivity contribution in [2.45, 2.75) is 38.7 Å². The minimum atomic E-state index is -0.463.